The Kier molecular flexibility index (Phi) is 10.3. The monoisotopic (exact) mass is 569 g/mol. The molecular formula is C30H23N3O9. The van der Waals surface area contributed by atoms with Crippen molar-refractivity contribution in [3.05, 3.63) is 89.5 Å². The topological polar surface area (TPSA) is 200 Å². The van der Waals surface area contributed by atoms with Crippen molar-refractivity contribution in [2.75, 3.05) is 19.8 Å². The average molecular weight is 570 g/mol. The standard InChI is InChI=1S/C30H23N3O9/c34-14-29(15-35,16-36)13-30(26(40)20-1-7-23(8-2-20)31-17-37,27(41)21-3-9-24(10-4-21)32-18-38)28(42)22-5-11-25(12-6-22)33-19-39/h1-12,34-36H,13-16H2. The molecule has 12 heteroatoms. The Hall–Kier alpha value is -5.31. The molecule has 0 radical (unpaired) electrons. The maximum atomic E-state index is 14.4. The molecule has 0 atom stereocenters. The molecule has 0 aliphatic rings. The third-order valence-electron chi connectivity index (χ3n) is 6.72. The Labute approximate surface area is 238 Å². The fourth-order valence-electron chi connectivity index (χ4n) is 4.39. The van der Waals surface area contributed by atoms with Gasteiger partial charge in [-0.25, -0.2) is 14.4 Å². The zero-order chi connectivity index (χ0) is 30.8. The largest absolute Gasteiger partial charge is 0.396 e. The van der Waals surface area contributed by atoms with Crippen LogP contribution in [0.25, 0.3) is 0 Å². The van der Waals surface area contributed by atoms with E-state index in [1.807, 2.05) is 0 Å². The van der Waals surface area contributed by atoms with Crippen LogP contribution in [-0.2, 0) is 14.4 Å². The smallest absolute Gasteiger partial charge is 0.240 e. The maximum Gasteiger partial charge on any atom is 0.240 e. The first-order chi connectivity index (χ1) is 20.2. The predicted octanol–water partition coefficient (Wildman–Crippen LogP) is 2.88. The number of hydrogen-bond acceptors (Lipinski definition) is 12. The van der Waals surface area contributed by atoms with Crippen molar-refractivity contribution in [3.63, 3.8) is 0 Å². The Morgan fingerprint density at radius 2 is 0.786 bits per heavy atom. The van der Waals surface area contributed by atoms with E-state index in [4.69, 9.17) is 0 Å². The number of hydrogen-bond donors (Lipinski definition) is 3. The fourth-order valence-corrected chi connectivity index (χ4v) is 4.39. The second kappa shape index (κ2) is 13.8. The molecule has 0 bridgehead atoms. The van der Waals surface area contributed by atoms with Gasteiger partial charge in [0, 0.05) is 22.1 Å². The highest BCUT2D eigenvalue weighted by molar-refractivity contribution is 6.35. The SMILES string of the molecule is O=C=Nc1ccc(C(=O)C(CC(CO)(CO)CO)(C(=O)c2ccc(N=C=O)cc2)C(=O)c2ccc(N=C=O)cc2)cc1. The molecule has 0 saturated carbocycles. The van der Waals surface area contributed by atoms with Gasteiger partial charge in [0.15, 0.2) is 22.8 Å². The van der Waals surface area contributed by atoms with Crippen molar-refractivity contribution in [1.29, 1.82) is 0 Å². The van der Waals surface area contributed by atoms with Gasteiger partial charge in [0.05, 0.1) is 36.9 Å². The number of aliphatic hydroxyl groups excluding tert-OH is 3. The zero-order valence-electron chi connectivity index (χ0n) is 21.9. The van der Waals surface area contributed by atoms with Crippen molar-refractivity contribution in [1.82, 2.24) is 0 Å². The van der Waals surface area contributed by atoms with Crippen LogP contribution in [0.3, 0.4) is 0 Å². The van der Waals surface area contributed by atoms with Crippen LogP contribution in [0, 0.1) is 10.8 Å². The number of benzene rings is 3. The van der Waals surface area contributed by atoms with Crippen LogP contribution < -0.4 is 0 Å². The summed E-state index contributed by atoms with van der Waals surface area (Å²) in [5, 5.41) is 30.5. The van der Waals surface area contributed by atoms with E-state index in [9.17, 15) is 44.1 Å². The quantitative estimate of drug-likeness (QED) is 0.113. The highest BCUT2D eigenvalue weighted by atomic mass is 16.3. The number of nitrogens with zero attached hydrogens (tertiary/aromatic N) is 3. The first kappa shape index (κ1) is 31.2. The van der Waals surface area contributed by atoms with Gasteiger partial charge < -0.3 is 15.3 Å². The van der Waals surface area contributed by atoms with Crippen molar-refractivity contribution < 1.29 is 44.1 Å². The van der Waals surface area contributed by atoms with Crippen LogP contribution in [0.15, 0.2) is 87.8 Å². The van der Waals surface area contributed by atoms with Gasteiger partial charge in [-0.05, 0) is 79.2 Å². The van der Waals surface area contributed by atoms with Gasteiger partial charge >= 0.3 is 0 Å². The fraction of sp³-hybridized carbons (Fsp3) is 0.200. The molecule has 212 valence electrons. The number of carbonyl (C=O) groups excluding carboxylic acids is 6. The molecule has 0 spiro atoms. The highest BCUT2D eigenvalue weighted by Crippen LogP contribution is 2.43. The first-order valence-corrected chi connectivity index (χ1v) is 12.2. The lowest BCUT2D eigenvalue weighted by Gasteiger charge is -2.38. The third-order valence-corrected chi connectivity index (χ3v) is 6.72. The van der Waals surface area contributed by atoms with E-state index < -0.39 is 54.4 Å². The minimum Gasteiger partial charge on any atom is -0.396 e. The Balaban J connectivity index is 2.37. The van der Waals surface area contributed by atoms with Crippen LogP contribution in [-0.4, -0.2) is 70.7 Å². The average Bonchev–Trinajstić information content (AvgIpc) is 3.03. The molecule has 3 rings (SSSR count). The molecular weight excluding hydrogens is 546 g/mol. The molecule has 3 aromatic rings. The molecule has 0 aliphatic carbocycles. The summed E-state index contributed by atoms with van der Waals surface area (Å²) in [4.78, 5) is 85.5. The van der Waals surface area contributed by atoms with Gasteiger partial charge in [-0.3, -0.25) is 14.4 Å². The molecule has 0 heterocycles. The van der Waals surface area contributed by atoms with E-state index in [1.165, 1.54) is 91.0 Å². The summed E-state index contributed by atoms with van der Waals surface area (Å²) in [5.74, 6) is -3.11. The number of aliphatic imine (C=N–C) groups is 3. The van der Waals surface area contributed by atoms with E-state index in [0.29, 0.717) is 0 Å². The summed E-state index contributed by atoms with van der Waals surface area (Å²) in [7, 11) is 0. The van der Waals surface area contributed by atoms with Crippen molar-refractivity contribution in [2.24, 2.45) is 25.8 Å². The number of isocyanates is 3. The number of aliphatic hydroxyl groups is 3. The van der Waals surface area contributed by atoms with Gasteiger partial charge in [-0.1, -0.05) is 0 Å². The van der Waals surface area contributed by atoms with Crippen LogP contribution in [0.5, 0.6) is 0 Å². The Morgan fingerprint density at radius 3 is 1.00 bits per heavy atom. The summed E-state index contributed by atoms with van der Waals surface area (Å²) in [6, 6.07) is 15.1. The lowest BCUT2D eigenvalue weighted by atomic mass is 9.61. The molecule has 3 aromatic carbocycles. The minimum absolute atomic E-state index is 0.137. The van der Waals surface area contributed by atoms with Crippen LogP contribution >= 0.6 is 0 Å². The Morgan fingerprint density at radius 1 is 0.524 bits per heavy atom. The van der Waals surface area contributed by atoms with Gasteiger partial charge in [0.25, 0.3) is 0 Å². The molecule has 0 unspecified atom stereocenters. The van der Waals surface area contributed by atoms with E-state index >= 15 is 0 Å². The lowest BCUT2D eigenvalue weighted by Crippen LogP contribution is -2.52. The Bertz CT molecular complexity index is 1420. The van der Waals surface area contributed by atoms with E-state index in [2.05, 4.69) is 15.0 Å². The van der Waals surface area contributed by atoms with Crippen molar-refractivity contribution in [3.8, 4) is 0 Å². The van der Waals surface area contributed by atoms with Gasteiger partial charge in [-0.2, -0.15) is 15.0 Å². The summed E-state index contributed by atoms with van der Waals surface area (Å²) >= 11 is 0. The number of carbonyl (C=O) groups is 3. The van der Waals surface area contributed by atoms with Crippen molar-refractivity contribution >= 4 is 52.7 Å². The molecule has 12 nitrogen and oxygen atoms in total. The lowest BCUT2D eigenvalue weighted by molar-refractivity contribution is -0.0190. The minimum atomic E-state index is -2.67. The van der Waals surface area contributed by atoms with Crippen LogP contribution in [0.2, 0.25) is 0 Å². The summed E-state index contributed by atoms with van der Waals surface area (Å²) in [6.45, 7) is -2.70. The van der Waals surface area contributed by atoms with Crippen LogP contribution in [0.4, 0.5) is 17.1 Å². The zero-order valence-corrected chi connectivity index (χ0v) is 21.9. The number of Topliss-reactive ketones (excluding diaryl/α,β-unsaturated/α-hetero) is 3. The van der Waals surface area contributed by atoms with E-state index in [-0.39, 0.29) is 33.8 Å². The molecule has 0 fully saturated rings. The second-order valence-electron chi connectivity index (χ2n) is 9.29. The predicted molar refractivity (Wildman–Crippen MR) is 146 cm³/mol. The molecule has 0 amide bonds. The molecule has 0 aromatic heterocycles. The summed E-state index contributed by atoms with van der Waals surface area (Å²) in [6.07, 6.45) is 3.25. The second-order valence-corrected chi connectivity index (χ2v) is 9.29. The van der Waals surface area contributed by atoms with Gasteiger partial charge in [0.1, 0.15) is 0 Å². The van der Waals surface area contributed by atoms with Gasteiger partial charge in [0.2, 0.25) is 18.2 Å². The molecule has 0 saturated heterocycles. The normalized spacial score (nSPS) is 12.1. The molecule has 42 heavy (non-hydrogen) atoms. The molecule has 0 aliphatic heterocycles. The number of ketones is 3. The van der Waals surface area contributed by atoms with Crippen molar-refractivity contribution in [2.45, 2.75) is 6.42 Å². The summed E-state index contributed by atoms with van der Waals surface area (Å²) < 4.78 is 0. The maximum absolute atomic E-state index is 14.4. The van der Waals surface area contributed by atoms with E-state index in [1.54, 1.807) is 0 Å². The summed E-state index contributed by atoms with van der Waals surface area (Å²) in [5.41, 5.74) is -4.62. The van der Waals surface area contributed by atoms with Gasteiger partial charge in [-0.15, -0.1) is 0 Å². The number of rotatable bonds is 14. The highest BCUT2D eigenvalue weighted by Gasteiger charge is 2.56. The van der Waals surface area contributed by atoms with Crippen LogP contribution in [0.1, 0.15) is 37.5 Å². The molecule has 3 N–H and O–H groups in total. The first-order valence-electron chi connectivity index (χ1n) is 12.2. The third kappa shape index (κ3) is 6.36. The van der Waals surface area contributed by atoms with E-state index in [0.717, 1.165) is 0 Å².